The molecule has 0 unspecified atom stereocenters. The number of hydrogen-bond donors (Lipinski definition) is 1. The van der Waals surface area contributed by atoms with Crippen LogP contribution in [-0.2, 0) is 0 Å². The zero-order chi connectivity index (χ0) is 11.2. The highest BCUT2D eigenvalue weighted by atomic mass is 15.1. The highest BCUT2D eigenvalue weighted by Gasteiger charge is 2.28. The highest BCUT2D eigenvalue weighted by Crippen LogP contribution is 2.37. The Hall–Kier alpha value is -1.77. The minimum Gasteiger partial charge on any atom is -0.377 e. The Balaban J connectivity index is 1.84. The Morgan fingerprint density at radius 1 is 1.29 bits per heavy atom. The lowest BCUT2D eigenvalue weighted by atomic mass is 9.84. The van der Waals surface area contributed by atoms with Crippen molar-refractivity contribution in [2.75, 3.05) is 13.1 Å². The van der Waals surface area contributed by atoms with Gasteiger partial charge in [0.25, 0.3) is 0 Å². The number of nitrogens with one attached hydrogen (secondary N) is 1. The lowest BCUT2D eigenvalue weighted by Crippen LogP contribution is -2.35. The van der Waals surface area contributed by atoms with E-state index in [-0.39, 0.29) is 0 Å². The van der Waals surface area contributed by atoms with Gasteiger partial charge in [-0.1, -0.05) is 0 Å². The number of H-pyrrole nitrogens is 1. The molecule has 0 amide bonds. The SMILES string of the molecule is C1=C(c2cc3cccnc3[nH]2)C2CCN1CC2. The van der Waals surface area contributed by atoms with Gasteiger partial charge in [-0.2, -0.15) is 0 Å². The van der Waals surface area contributed by atoms with E-state index in [9.17, 15) is 0 Å². The Labute approximate surface area is 100 Å². The van der Waals surface area contributed by atoms with Crippen LogP contribution in [0.5, 0.6) is 0 Å². The molecular formula is C14H15N3. The maximum Gasteiger partial charge on any atom is 0.137 e. The van der Waals surface area contributed by atoms with E-state index in [1.807, 2.05) is 12.3 Å². The summed E-state index contributed by atoms with van der Waals surface area (Å²) in [5.41, 5.74) is 3.73. The van der Waals surface area contributed by atoms with Crippen molar-refractivity contribution in [2.45, 2.75) is 12.8 Å². The van der Waals surface area contributed by atoms with E-state index >= 15 is 0 Å². The molecule has 1 N–H and O–H groups in total. The molecule has 0 spiro atoms. The van der Waals surface area contributed by atoms with Gasteiger partial charge in [0.05, 0.1) is 0 Å². The van der Waals surface area contributed by atoms with Gasteiger partial charge in [0.1, 0.15) is 5.65 Å². The molecule has 0 aliphatic carbocycles. The van der Waals surface area contributed by atoms with E-state index < -0.39 is 0 Å². The summed E-state index contributed by atoms with van der Waals surface area (Å²) in [5, 5.41) is 1.21. The molecule has 3 aliphatic rings. The fourth-order valence-corrected chi connectivity index (χ4v) is 3.04. The molecule has 0 aromatic carbocycles. The first kappa shape index (κ1) is 9.28. The number of hydrogen-bond acceptors (Lipinski definition) is 2. The molecule has 5 heterocycles. The van der Waals surface area contributed by atoms with Gasteiger partial charge in [-0.05, 0) is 42.5 Å². The molecule has 2 aromatic heterocycles. The first-order valence-electron chi connectivity index (χ1n) is 6.30. The quantitative estimate of drug-likeness (QED) is 0.809. The summed E-state index contributed by atoms with van der Waals surface area (Å²) >= 11 is 0. The molecule has 17 heavy (non-hydrogen) atoms. The second-order valence-corrected chi connectivity index (χ2v) is 5.02. The van der Waals surface area contributed by atoms with Crippen molar-refractivity contribution in [3.63, 3.8) is 0 Å². The summed E-state index contributed by atoms with van der Waals surface area (Å²) in [6.45, 7) is 2.46. The molecule has 1 fully saturated rings. The fourth-order valence-electron chi connectivity index (χ4n) is 3.04. The number of aromatic nitrogens is 2. The standard InChI is InChI=1S/C14H15N3/c1-2-11-8-13(16-14(11)15-5-1)12-9-17-6-3-10(12)4-7-17/h1-2,5,8-10H,3-4,6-7H2,(H,15,16). The number of fused-ring (bicyclic) bond motifs is 3. The van der Waals surface area contributed by atoms with Crippen LogP contribution in [0.4, 0.5) is 0 Å². The van der Waals surface area contributed by atoms with Gasteiger partial charge >= 0.3 is 0 Å². The van der Waals surface area contributed by atoms with Crippen molar-refractivity contribution in [3.05, 3.63) is 36.3 Å². The van der Waals surface area contributed by atoms with Crippen LogP contribution in [0.3, 0.4) is 0 Å². The largest absolute Gasteiger partial charge is 0.377 e. The van der Waals surface area contributed by atoms with Gasteiger partial charge in [0.2, 0.25) is 0 Å². The predicted octanol–water partition coefficient (Wildman–Crippen LogP) is 2.63. The monoisotopic (exact) mass is 225 g/mol. The number of rotatable bonds is 1. The average Bonchev–Trinajstić information content (AvgIpc) is 2.83. The summed E-state index contributed by atoms with van der Waals surface area (Å²) in [5.74, 6) is 0.744. The molecule has 5 rings (SSSR count). The van der Waals surface area contributed by atoms with Crippen LogP contribution >= 0.6 is 0 Å². The molecular weight excluding hydrogens is 210 g/mol. The van der Waals surface area contributed by atoms with E-state index in [0.29, 0.717) is 0 Å². The molecule has 1 saturated heterocycles. The lowest BCUT2D eigenvalue weighted by Gasteiger charge is -2.38. The molecule has 0 radical (unpaired) electrons. The highest BCUT2D eigenvalue weighted by molar-refractivity contribution is 5.82. The van der Waals surface area contributed by atoms with Crippen LogP contribution in [0.15, 0.2) is 30.6 Å². The van der Waals surface area contributed by atoms with Gasteiger partial charge in [0, 0.05) is 36.6 Å². The summed E-state index contributed by atoms with van der Waals surface area (Å²) in [7, 11) is 0. The predicted molar refractivity (Wildman–Crippen MR) is 68.4 cm³/mol. The van der Waals surface area contributed by atoms with E-state index in [2.05, 4.69) is 33.2 Å². The molecule has 2 aromatic rings. The minimum atomic E-state index is 0.744. The minimum absolute atomic E-state index is 0.744. The number of piperidine rings is 1. The van der Waals surface area contributed by atoms with E-state index in [4.69, 9.17) is 0 Å². The first-order valence-corrected chi connectivity index (χ1v) is 6.30. The fraction of sp³-hybridized carbons (Fsp3) is 0.357. The lowest BCUT2D eigenvalue weighted by molar-refractivity contribution is 0.252. The van der Waals surface area contributed by atoms with Crippen LogP contribution in [0.1, 0.15) is 18.5 Å². The van der Waals surface area contributed by atoms with E-state index in [1.54, 1.807) is 0 Å². The summed E-state index contributed by atoms with van der Waals surface area (Å²) < 4.78 is 0. The zero-order valence-electron chi connectivity index (χ0n) is 9.69. The molecule has 2 bridgehead atoms. The summed E-state index contributed by atoms with van der Waals surface area (Å²) in [6.07, 6.45) is 6.78. The third kappa shape index (κ3) is 1.38. The third-order valence-electron chi connectivity index (χ3n) is 3.99. The molecule has 3 heteroatoms. The number of aromatic amines is 1. The second kappa shape index (κ2) is 3.36. The van der Waals surface area contributed by atoms with Crippen molar-refractivity contribution in [1.82, 2.24) is 14.9 Å². The van der Waals surface area contributed by atoms with Crippen LogP contribution in [0.25, 0.3) is 16.6 Å². The maximum atomic E-state index is 4.36. The summed E-state index contributed by atoms with van der Waals surface area (Å²) in [4.78, 5) is 10.2. The number of pyridine rings is 1. The second-order valence-electron chi connectivity index (χ2n) is 5.02. The van der Waals surface area contributed by atoms with Crippen molar-refractivity contribution < 1.29 is 0 Å². The molecule has 0 saturated carbocycles. The maximum absolute atomic E-state index is 4.36. The van der Waals surface area contributed by atoms with Crippen molar-refractivity contribution in [1.29, 1.82) is 0 Å². The van der Waals surface area contributed by atoms with Gasteiger partial charge in [-0.15, -0.1) is 0 Å². The van der Waals surface area contributed by atoms with Crippen molar-refractivity contribution in [2.24, 2.45) is 5.92 Å². The Morgan fingerprint density at radius 3 is 2.88 bits per heavy atom. The molecule has 86 valence electrons. The Morgan fingerprint density at radius 2 is 2.18 bits per heavy atom. The van der Waals surface area contributed by atoms with Crippen LogP contribution in [0, 0.1) is 5.92 Å². The smallest absolute Gasteiger partial charge is 0.137 e. The number of allylic oxidation sites excluding steroid dienone is 1. The van der Waals surface area contributed by atoms with Gasteiger partial charge in [-0.3, -0.25) is 0 Å². The van der Waals surface area contributed by atoms with Crippen molar-refractivity contribution >= 4 is 16.6 Å². The normalized spacial score (nSPS) is 20.0. The van der Waals surface area contributed by atoms with Gasteiger partial charge in [-0.25, -0.2) is 4.98 Å². The summed E-state index contributed by atoms with van der Waals surface area (Å²) in [6, 6.07) is 6.34. The molecule has 3 aliphatic heterocycles. The van der Waals surface area contributed by atoms with E-state index in [1.165, 1.54) is 42.6 Å². The third-order valence-corrected chi connectivity index (χ3v) is 3.99. The van der Waals surface area contributed by atoms with Crippen LogP contribution in [-0.4, -0.2) is 28.0 Å². The Kier molecular flexibility index (Phi) is 1.83. The zero-order valence-corrected chi connectivity index (χ0v) is 9.69. The van der Waals surface area contributed by atoms with Gasteiger partial charge < -0.3 is 9.88 Å². The van der Waals surface area contributed by atoms with Gasteiger partial charge in [0.15, 0.2) is 0 Å². The van der Waals surface area contributed by atoms with E-state index in [0.717, 1.165) is 11.6 Å². The van der Waals surface area contributed by atoms with Crippen molar-refractivity contribution in [3.8, 4) is 0 Å². The van der Waals surface area contributed by atoms with Crippen LogP contribution in [0.2, 0.25) is 0 Å². The molecule has 0 atom stereocenters. The topological polar surface area (TPSA) is 31.9 Å². The van der Waals surface area contributed by atoms with Crippen LogP contribution < -0.4 is 0 Å². The molecule has 3 nitrogen and oxygen atoms in total. The average molecular weight is 225 g/mol. The number of nitrogens with zero attached hydrogens (tertiary/aromatic N) is 2. The Bertz CT molecular complexity index is 555. The first-order chi connectivity index (χ1) is 8.40.